The van der Waals surface area contributed by atoms with Gasteiger partial charge in [-0.05, 0) is 36.8 Å². The highest BCUT2D eigenvalue weighted by molar-refractivity contribution is 6.01. The van der Waals surface area contributed by atoms with Crippen molar-refractivity contribution in [3.63, 3.8) is 0 Å². The number of nitrogens with one attached hydrogen (secondary N) is 1. The van der Waals surface area contributed by atoms with Gasteiger partial charge in [0.15, 0.2) is 17.3 Å². The Kier molecular flexibility index (Phi) is 7.32. The number of ether oxygens (including phenoxy) is 2. The van der Waals surface area contributed by atoms with E-state index >= 15 is 0 Å². The Morgan fingerprint density at radius 2 is 1.97 bits per heavy atom. The van der Waals surface area contributed by atoms with Crippen LogP contribution in [0.2, 0.25) is 0 Å². The molecule has 1 aromatic carbocycles. The lowest BCUT2D eigenvalue weighted by atomic mass is 10.0. The van der Waals surface area contributed by atoms with Crippen LogP contribution >= 0.6 is 0 Å². The molecule has 3 N–H and O–H groups in total. The molecule has 3 rings (SSSR count). The van der Waals surface area contributed by atoms with Crippen molar-refractivity contribution < 1.29 is 23.0 Å². The summed E-state index contributed by atoms with van der Waals surface area (Å²) in [5.74, 6) is -2.68. The van der Waals surface area contributed by atoms with E-state index in [4.69, 9.17) is 15.2 Å². The minimum absolute atomic E-state index is 0.116. The van der Waals surface area contributed by atoms with Crippen molar-refractivity contribution >= 4 is 17.3 Å². The number of carbonyl (C=O) groups is 1. The molecule has 0 spiro atoms. The summed E-state index contributed by atoms with van der Waals surface area (Å²) < 4.78 is 40.7. The van der Waals surface area contributed by atoms with Gasteiger partial charge in [0, 0.05) is 38.2 Å². The van der Waals surface area contributed by atoms with Crippen LogP contribution in [0.1, 0.15) is 23.1 Å². The number of halogens is 2. The number of nitrogens with zero attached hydrogens (tertiary/aromatic N) is 2. The first-order valence-electron chi connectivity index (χ1n) is 9.76. The van der Waals surface area contributed by atoms with Gasteiger partial charge in [-0.25, -0.2) is 13.6 Å². The zero-order chi connectivity index (χ0) is 22.4. The molecule has 3 aromatic rings. The van der Waals surface area contributed by atoms with Crippen LogP contribution in [-0.4, -0.2) is 35.8 Å². The number of nitrogens with two attached hydrogens (primary N) is 1. The zero-order valence-corrected chi connectivity index (χ0v) is 17.3. The van der Waals surface area contributed by atoms with Gasteiger partial charge in [-0.1, -0.05) is 6.07 Å². The third-order valence-corrected chi connectivity index (χ3v) is 4.65. The topological polar surface area (TPSA) is 91.4 Å². The van der Waals surface area contributed by atoms with Crippen molar-refractivity contribution in [1.82, 2.24) is 9.55 Å². The smallest absolute Gasteiger partial charge is 0.357 e. The van der Waals surface area contributed by atoms with Crippen LogP contribution in [0.5, 0.6) is 0 Å². The maximum atomic E-state index is 14.5. The minimum Gasteiger partial charge on any atom is -0.461 e. The highest BCUT2D eigenvalue weighted by Gasteiger charge is 2.29. The van der Waals surface area contributed by atoms with Gasteiger partial charge in [-0.2, -0.15) is 0 Å². The number of hydrogen-bond donors (Lipinski definition) is 2. The van der Waals surface area contributed by atoms with Crippen LogP contribution < -0.4 is 11.1 Å². The highest BCUT2D eigenvalue weighted by atomic mass is 19.2. The summed E-state index contributed by atoms with van der Waals surface area (Å²) in [6.07, 6.45) is 3.20. The molecule has 0 saturated carbocycles. The maximum Gasteiger partial charge on any atom is 0.357 e. The van der Waals surface area contributed by atoms with Crippen molar-refractivity contribution in [3.8, 4) is 11.1 Å². The van der Waals surface area contributed by atoms with Gasteiger partial charge in [0.1, 0.15) is 0 Å². The van der Waals surface area contributed by atoms with E-state index in [2.05, 4.69) is 10.3 Å². The van der Waals surface area contributed by atoms with Gasteiger partial charge in [-0.3, -0.25) is 4.98 Å². The summed E-state index contributed by atoms with van der Waals surface area (Å²) in [6, 6.07) is 7.29. The Bertz CT molecular complexity index is 1050. The molecule has 0 saturated heterocycles. The lowest BCUT2D eigenvalue weighted by Gasteiger charge is -2.13. The van der Waals surface area contributed by atoms with Gasteiger partial charge in [0.2, 0.25) is 0 Å². The number of methoxy groups -OCH3 is 1. The SMILES string of the molecule is CCOC(=O)c1c(Nc2cccc(F)c2F)c(-c2ccncc2)c(COC)n1CCN. The number of hydrogen-bond acceptors (Lipinski definition) is 6. The third kappa shape index (κ3) is 4.57. The van der Waals surface area contributed by atoms with E-state index in [0.717, 1.165) is 6.07 Å². The molecule has 0 aliphatic rings. The Labute approximate surface area is 178 Å². The summed E-state index contributed by atoms with van der Waals surface area (Å²) in [5, 5.41) is 2.91. The molecule has 0 aliphatic carbocycles. The minimum atomic E-state index is -1.06. The molecule has 0 fully saturated rings. The normalized spacial score (nSPS) is 10.9. The first kappa shape index (κ1) is 22.4. The predicted molar refractivity (Wildman–Crippen MR) is 113 cm³/mol. The number of aromatic nitrogens is 2. The summed E-state index contributed by atoms with van der Waals surface area (Å²) in [7, 11) is 1.53. The number of pyridine rings is 1. The maximum absolute atomic E-state index is 14.5. The first-order chi connectivity index (χ1) is 15.0. The van der Waals surface area contributed by atoms with Gasteiger partial charge < -0.3 is 25.1 Å². The van der Waals surface area contributed by atoms with Gasteiger partial charge in [0.25, 0.3) is 0 Å². The average molecular weight is 430 g/mol. The van der Waals surface area contributed by atoms with Crippen molar-refractivity contribution in [1.29, 1.82) is 0 Å². The number of anilines is 2. The lowest BCUT2D eigenvalue weighted by Crippen LogP contribution is -2.19. The molecule has 0 radical (unpaired) electrons. The Morgan fingerprint density at radius 3 is 2.61 bits per heavy atom. The standard InChI is InChI=1S/C22H24F2N4O3/c1-3-31-22(29)21-20(27-16-6-4-5-15(23)19(16)24)18(14-7-10-26-11-8-14)17(13-30-2)28(21)12-9-25/h4-8,10-11,27H,3,9,12-13,25H2,1-2H3. The van der Waals surface area contributed by atoms with Gasteiger partial charge in [-0.15, -0.1) is 0 Å². The first-order valence-corrected chi connectivity index (χ1v) is 9.76. The lowest BCUT2D eigenvalue weighted by molar-refractivity contribution is 0.0514. The van der Waals surface area contributed by atoms with E-state index in [1.807, 2.05) is 0 Å². The summed E-state index contributed by atoms with van der Waals surface area (Å²) in [6.45, 7) is 2.51. The second kappa shape index (κ2) is 10.1. The molecule has 2 heterocycles. The van der Waals surface area contributed by atoms with E-state index in [1.54, 1.807) is 36.0 Å². The molecule has 0 atom stereocenters. The van der Waals surface area contributed by atoms with Gasteiger partial charge in [0.05, 0.1) is 30.3 Å². The summed E-state index contributed by atoms with van der Waals surface area (Å²) >= 11 is 0. The summed E-state index contributed by atoms with van der Waals surface area (Å²) in [5.41, 5.74) is 8.05. The molecule has 0 unspecified atom stereocenters. The molecule has 164 valence electrons. The van der Waals surface area contributed by atoms with E-state index in [9.17, 15) is 13.6 Å². The Hall–Kier alpha value is -3.30. The molecular formula is C22H24F2N4O3. The second-order valence-corrected chi connectivity index (χ2v) is 6.60. The largest absolute Gasteiger partial charge is 0.461 e. The molecular weight excluding hydrogens is 406 g/mol. The van der Waals surface area contributed by atoms with Crippen LogP contribution in [0.3, 0.4) is 0 Å². The molecule has 0 bridgehead atoms. The molecule has 31 heavy (non-hydrogen) atoms. The van der Waals surface area contributed by atoms with E-state index < -0.39 is 17.6 Å². The third-order valence-electron chi connectivity index (χ3n) is 4.65. The van der Waals surface area contributed by atoms with Gasteiger partial charge >= 0.3 is 5.97 Å². The quantitative estimate of drug-likeness (QED) is 0.501. The van der Waals surface area contributed by atoms with Crippen molar-refractivity contribution in [2.75, 3.05) is 25.6 Å². The zero-order valence-electron chi connectivity index (χ0n) is 17.3. The average Bonchev–Trinajstić information content (AvgIpc) is 3.05. The van der Waals surface area contributed by atoms with Crippen LogP contribution in [-0.2, 0) is 22.6 Å². The van der Waals surface area contributed by atoms with Crippen molar-refractivity contribution in [2.45, 2.75) is 20.1 Å². The van der Waals surface area contributed by atoms with Crippen molar-refractivity contribution in [3.05, 3.63) is 65.7 Å². The molecule has 0 aliphatic heterocycles. The van der Waals surface area contributed by atoms with Crippen LogP contribution in [0.15, 0.2) is 42.7 Å². The molecule has 2 aromatic heterocycles. The van der Waals surface area contributed by atoms with E-state index in [1.165, 1.54) is 19.2 Å². The fourth-order valence-electron chi connectivity index (χ4n) is 3.43. The molecule has 0 amide bonds. The number of carbonyl (C=O) groups excluding carboxylic acids is 1. The highest BCUT2D eigenvalue weighted by Crippen LogP contribution is 2.40. The fourth-order valence-corrected chi connectivity index (χ4v) is 3.43. The van der Waals surface area contributed by atoms with Crippen LogP contribution in [0.25, 0.3) is 11.1 Å². The fraction of sp³-hybridized carbons (Fsp3) is 0.273. The number of esters is 1. The molecule has 7 nitrogen and oxygen atoms in total. The Balaban J connectivity index is 2.34. The van der Waals surface area contributed by atoms with Crippen LogP contribution in [0.4, 0.5) is 20.2 Å². The van der Waals surface area contributed by atoms with Crippen LogP contribution in [0, 0.1) is 11.6 Å². The number of rotatable bonds is 9. The predicted octanol–water partition coefficient (Wildman–Crippen LogP) is 3.85. The second-order valence-electron chi connectivity index (χ2n) is 6.60. The number of benzene rings is 1. The monoisotopic (exact) mass is 430 g/mol. The Morgan fingerprint density at radius 1 is 1.23 bits per heavy atom. The molecule has 9 heteroatoms. The summed E-state index contributed by atoms with van der Waals surface area (Å²) in [4.78, 5) is 17.0. The van der Waals surface area contributed by atoms with E-state index in [-0.39, 0.29) is 43.4 Å². The van der Waals surface area contributed by atoms with E-state index in [0.29, 0.717) is 16.8 Å². The van der Waals surface area contributed by atoms with Crippen molar-refractivity contribution in [2.24, 2.45) is 5.73 Å².